The van der Waals surface area contributed by atoms with Crippen LogP contribution >= 0.6 is 0 Å². The van der Waals surface area contributed by atoms with Crippen LogP contribution < -0.4 is 10.6 Å². The van der Waals surface area contributed by atoms with Crippen LogP contribution in [-0.2, 0) is 4.79 Å². The van der Waals surface area contributed by atoms with Gasteiger partial charge in [0.25, 0.3) is 0 Å². The third-order valence-corrected chi connectivity index (χ3v) is 4.39. The summed E-state index contributed by atoms with van der Waals surface area (Å²) < 4.78 is 19.1. The second-order valence-electron chi connectivity index (χ2n) is 5.62. The van der Waals surface area contributed by atoms with Crippen molar-refractivity contribution in [2.75, 3.05) is 5.32 Å². The van der Waals surface area contributed by atoms with Crippen LogP contribution in [-0.4, -0.2) is 5.91 Å². The first-order chi connectivity index (χ1) is 10.2. The van der Waals surface area contributed by atoms with Crippen molar-refractivity contribution in [3.8, 4) is 0 Å². The van der Waals surface area contributed by atoms with Gasteiger partial charge >= 0.3 is 0 Å². The number of amides is 1. The first-order valence-corrected chi connectivity index (χ1v) is 7.11. The summed E-state index contributed by atoms with van der Waals surface area (Å²) in [6.45, 7) is 0. The van der Waals surface area contributed by atoms with Gasteiger partial charge in [-0.15, -0.1) is 0 Å². The van der Waals surface area contributed by atoms with Crippen LogP contribution in [0.25, 0.3) is 0 Å². The smallest absolute Gasteiger partial charge is 0.220 e. The van der Waals surface area contributed by atoms with Crippen molar-refractivity contribution in [3.05, 3.63) is 53.7 Å². The van der Waals surface area contributed by atoms with E-state index in [1.54, 1.807) is 12.3 Å². The molecule has 1 saturated heterocycles. The summed E-state index contributed by atoms with van der Waals surface area (Å²) >= 11 is 0. The largest absolute Gasteiger partial charge is 0.467 e. The van der Waals surface area contributed by atoms with Gasteiger partial charge in [0.2, 0.25) is 5.91 Å². The second-order valence-corrected chi connectivity index (χ2v) is 5.62. The van der Waals surface area contributed by atoms with Crippen LogP contribution in [0.4, 0.5) is 10.1 Å². The van der Waals surface area contributed by atoms with Crippen molar-refractivity contribution in [2.45, 2.75) is 24.9 Å². The summed E-state index contributed by atoms with van der Waals surface area (Å²) in [6, 6.07) is 8.25. The van der Waals surface area contributed by atoms with Crippen molar-refractivity contribution in [1.82, 2.24) is 5.32 Å². The molecule has 1 aromatic heterocycles. The summed E-state index contributed by atoms with van der Waals surface area (Å²) in [5, 5.41) is 6.44. The summed E-state index contributed by atoms with van der Waals surface area (Å²) in [4.78, 5) is 11.8. The van der Waals surface area contributed by atoms with Crippen molar-refractivity contribution < 1.29 is 13.6 Å². The van der Waals surface area contributed by atoms with Gasteiger partial charge in [0.05, 0.1) is 18.3 Å². The molecule has 1 aromatic carbocycles. The van der Waals surface area contributed by atoms with Crippen molar-refractivity contribution in [2.24, 2.45) is 5.92 Å². The van der Waals surface area contributed by atoms with Crippen molar-refractivity contribution in [3.63, 3.8) is 0 Å². The maximum absolute atomic E-state index is 13.6. The summed E-state index contributed by atoms with van der Waals surface area (Å²) in [7, 11) is 0. The maximum atomic E-state index is 13.6. The Bertz CT molecular complexity index is 684. The molecule has 4 rings (SSSR count). The summed E-state index contributed by atoms with van der Waals surface area (Å²) in [6.07, 6.45) is 2.89. The fourth-order valence-electron chi connectivity index (χ4n) is 3.43. The highest BCUT2D eigenvalue weighted by Gasteiger charge is 2.41. The molecule has 3 atom stereocenters. The first kappa shape index (κ1) is 12.4. The SMILES string of the molecule is O=C1CC[C@H]2[C@H](N1)c1cc(F)ccc1N[C@H]2c1ccco1. The Hall–Kier alpha value is -2.30. The Morgan fingerprint density at radius 3 is 2.90 bits per heavy atom. The standard InChI is InChI=1S/C16H15FN2O2/c17-9-3-5-12-11(8-9)15-10(4-6-14(20)19-15)16(18-12)13-2-1-7-21-13/h1-3,5,7-8,10,15-16,18H,4,6H2,(H,19,20)/t10-,15-,16+/m0/s1. The molecule has 21 heavy (non-hydrogen) atoms. The molecule has 0 bridgehead atoms. The molecule has 2 aliphatic rings. The van der Waals surface area contributed by atoms with Gasteiger partial charge in [-0.05, 0) is 36.8 Å². The zero-order valence-electron chi connectivity index (χ0n) is 11.3. The van der Waals surface area contributed by atoms with Gasteiger partial charge < -0.3 is 15.1 Å². The van der Waals surface area contributed by atoms with Crippen LogP contribution in [0.1, 0.15) is 36.2 Å². The number of carbonyl (C=O) groups is 1. The Kier molecular flexibility index (Phi) is 2.74. The molecule has 5 heteroatoms. The average molecular weight is 286 g/mol. The minimum absolute atomic E-state index is 0.0106. The molecule has 0 unspecified atom stereocenters. The highest BCUT2D eigenvalue weighted by molar-refractivity contribution is 5.78. The minimum atomic E-state index is -0.287. The van der Waals surface area contributed by atoms with E-state index in [-0.39, 0.29) is 29.7 Å². The predicted octanol–water partition coefficient (Wildman–Crippen LogP) is 3.15. The third kappa shape index (κ3) is 2.00. The lowest BCUT2D eigenvalue weighted by molar-refractivity contribution is -0.124. The molecule has 0 aliphatic carbocycles. The highest BCUT2D eigenvalue weighted by Crippen LogP contribution is 2.47. The second kappa shape index (κ2) is 4.62. The molecular formula is C16H15FN2O2. The number of benzene rings is 1. The maximum Gasteiger partial charge on any atom is 0.220 e. The van der Waals surface area contributed by atoms with Crippen molar-refractivity contribution >= 4 is 11.6 Å². The Labute approximate surface area is 121 Å². The first-order valence-electron chi connectivity index (χ1n) is 7.11. The lowest BCUT2D eigenvalue weighted by atomic mass is 9.76. The number of nitrogens with one attached hydrogen (secondary N) is 2. The van der Waals surface area contributed by atoms with E-state index in [0.717, 1.165) is 23.4 Å². The fourth-order valence-corrected chi connectivity index (χ4v) is 3.43. The lowest BCUT2D eigenvalue weighted by Gasteiger charge is -2.42. The highest BCUT2D eigenvalue weighted by atomic mass is 19.1. The van der Waals surface area contributed by atoms with E-state index in [1.165, 1.54) is 12.1 Å². The fraction of sp³-hybridized carbons (Fsp3) is 0.312. The number of fused-ring (bicyclic) bond motifs is 3. The summed E-state index contributed by atoms with van der Waals surface area (Å²) in [5.74, 6) is 0.733. The Balaban J connectivity index is 1.81. The van der Waals surface area contributed by atoms with Crippen LogP contribution in [0, 0.1) is 11.7 Å². The summed E-state index contributed by atoms with van der Waals surface area (Å²) in [5.41, 5.74) is 1.66. The zero-order chi connectivity index (χ0) is 14.4. The van der Waals surface area contributed by atoms with E-state index >= 15 is 0 Å². The van der Waals surface area contributed by atoms with E-state index in [2.05, 4.69) is 10.6 Å². The van der Waals surface area contributed by atoms with Crippen LogP contribution in [0.5, 0.6) is 0 Å². The molecule has 1 amide bonds. The van der Waals surface area contributed by atoms with Gasteiger partial charge in [-0.25, -0.2) is 4.39 Å². The van der Waals surface area contributed by atoms with Gasteiger partial charge in [-0.2, -0.15) is 0 Å². The number of halogens is 1. The van der Waals surface area contributed by atoms with Gasteiger partial charge in [0.1, 0.15) is 11.6 Å². The number of hydrogen-bond acceptors (Lipinski definition) is 3. The zero-order valence-corrected chi connectivity index (χ0v) is 11.3. The normalized spacial score (nSPS) is 27.3. The molecule has 0 radical (unpaired) electrons. The van der Waals surface area contributed by atoms with E-state index in [9.17, 15) is 9.18 Å². The van der Waals surface area contributed by atoms with Crippen molar-refractivity contribution in [1.29, 1.82) is 0 Å². The van der Waals surface area contributed by atoms with Crippen LogP contribution in [0.15, 0.2) is 41.0 Å². The van der Waals surface area contributed by atoms with E-state index in [4.69, 9.17) is 4.42 Å². The quantitative estimate of drug-likeness (QED) is 0.846. The number of hydrogen-bond donors (Lipinski definition) is 2. The monoisotopic (exact) mass is 286 g/mol. The molecule has 2 N–H and O–H groups in total. The molecule has 4 nitrogen and oxygen atoms in total. The molecule has 0 saturated carbocycles. The van der Waals surface area contributed by atoms with E-state index in [0.29, 0.717) is 6.42 Å². The van der Waals surface area contributed by atoms with E-state index in [1.807, 2.05) is 12.1 Å². The topological polar surface area (TPSA) is 54.3 Å². The van der Waals surface area contributed by atoms with Crippen LogP contribution in [0.2, 0.25) is 0 Å². The molecule has 2 aromatic rings. The number of anilines is 1. The van der Waals surface area contributed by atoms with Gasteiger partial charge in [0.15, 0.2) is 0 Å². The molecule has 1 fully saturated rings. The van der Waals surface area contributed by atoms with E-state index < -0.39 is 0 Å². The number of carbonyl (C=O) groups excluding carboxylic acids is 1. The number of rotatable bonds is 1. The molecule has 3 heterocycles. The average Bonchev–Trinajstić information content (AvgIpc) is 3.00. The number of piperidine rings is 1. The van der Waals surface area contributed by atoms with Gasteiger partial charge in [0, 0.05) is 23.6 Å². The molecule has 0 spiro atoms. The van der Waals surface area contributed by atoms with Gasteiger partial charge in [-0.1, -0.05) is 0 Å². The predicted molar refractivity (Wildman–Crippen MR) is 75.1 cm³/mol. The Morgan fingerprint density at radius 2 is 2.10 bits per heavy atom. The Morgan fingerprint density at radius 1 is 1.19 bits per heavy atom. The molecule has 2 aliphatic heterocycles. The van der Waals surface area contributed by atoms with Gasteiger partial charge in [-0.3, -0.25) is 4.79 Å². The number of furan rings is 1. The minimum Gasteiger partial charge on any atom is -0.467 e. The van der Waals surface area contributed by atoms with Crippen LogP contribution in [0.3, 0.4) is 0 Å². The lowest BCUT2D eigenvalue weighted by Crippen LogP contribution is -2.45. The molecule has 108 valence electrons. The third-order valence-electron chi connectivity index (χ3n) is 4.39. The molecular weight excluding hydrogens is 271 g/mol.